The Bertz CT molecular complexity index is 1170. The van der Waals surface area contributed by atoms with Gasteiger partial charge in [-0.3, -0.25) is 9.10 Å². The first-order chi connectivity index (χ1) is 14.7. The number of amides is 1. The van der Waals surface area contributed by atoms with Gasteiger partial charge in [-0.1, -0.05) is 54.6 Å². The fourth-order valence-electron chi connectivity index (χ4n) is 3.40. The van der Waals surface area contributed by atoms with Crippen molar-refractivity contribution in [1.29, 1.82) is 0 Å². The SMILES string of the molecule is Cc1ccc([C@@H](C)NC(=O)CN(c2ccccc2C)S(=O)(=O)c2ccccc2)cc1C. The Kier molecular flexibility index (Phi) is 6.81. The Morgan fingerprint density at radius 2 is 1.52 bits per heavy atom. The summed E-state index contributed by atoms with van der Waals surface area (Å²) in [5, 5.41) is 2.94. The van der Waals surface area contributed by atoms with E-state index in [1.165, 1.54) is 22.0 Å². The molecule has 0 unspecified atom stereocenters. The Labute approximate surface area is 184 Å². The average Bonchev–Trinajstić information content (AvgIpc) is 2.75. The molecular formula is C25H28N2O3S. The smallest absolute Gasteiger partial charge is 0.264 e. The van der Waals surface area contributed by atoms with E-state index in [-0.39, 0.29) is 23.4 Å². The Hall–Kier alpha value is -3.12. The van der Waals surface area contributed by atoms with Crippen LogP contribution in [-0.4, -0.2) is 20.9 Å². The molecule has 1 atom stereocenters. The van der Waals surface area contributed by atoms with Crippen LogP contribution in [0.15, 0.2) is 77.7 Å². The molecule has 3 aromatic rings. The number of rotatable bonds is 7. The summed E-state index contributed by atoms with van der Waals surface area (Å²) in [5.41, 5.74) is 4.57. The molecule has 1 N–H and O–H groups in total. The molecule has 31 heavy (non-hydrogen) atoms. The van der Waals surface area contributed by atoms with Crippen LogP contribution in [0.4, 0.5) is 5.69 Å². The third kappa shape index (κ3) is 5.14. The molecule has 6 heteroatoms. The first-order valence-electron chi connectivity index (χ1n) is 10.2. The number of nitrogens with zero attached hydrogens (tertiary/aromatic N) is 1. The molecule has 0 aliphatic rings. The first-order valence-corrected chi connectivity index (χ1v) is 11.6. The van der Waals surface area contributed by atoms with E-state index < -0.39 is 10.0 Å². The number of para-hydroxylation sites is 1. The van der Waals surface area contributed by atoms with Crippen LogP contribution in [0, 0.1) is 20.8 Å². The zero-order valence-electron chi connectivity index (χ0n) is 18.3. The van der Waals surface area contributed by atoms with Gasteiger partial charge in [0.2, 0.25) is 5.91 Å². The number of aryl methyl sites for hydroxylation is 3. The van der Waals surface area contributed by atoms with Gasteiger partial charge in [0.05, 0.1) is 16.6 Å². The highest BCUT2D eigenvalue weighted by Crippen LogP contribution is 2.26. The second-order valence-electron chi connectivity index (χ2n) is 7.74. The second-order valence-corrected chi connectivity index (χ2v) is 9.61. The third-order valence-electron chi connectivity index (χ3n) is 5.41. The predicted molar refractivity (Wildman–Crippen MR) is 125 cm³/mol. The van der Waals surface area contributed by atoms with Gasteiger partial charge in [0.25, 0.3) is 10.0 Å². The lowest BCUT2D eigenvalue weighted by Gasteiger charge is -2.26. The minimum absolute atomic E-state index is 0.147. The van der Waals surface area contributed by atoms with Crippen molar-refractivity contribution in [2.24, 2.45) is 0 Å². The van der Waals surface area contributed by atoms with Crippen molar-refractivity contribution in [3.05, 3.63) is 95.1 Å². The monoisotopic (exact) mass is 436 g/mol. The van der Waals surface area contributed by atoms with E-state index in [4.69, 9.17) is 0 Å². The normalized spacial score (nSPS) is 12.3. The standard InChI is InChI=1S/C25H28N2O3S/c1-18-14-15-22(16-20(18)3)21(4)26-25(28)17-27(24-13-9-8-10-19(24)2)31(29,30)23-11-6-5-7-12-23/h5-16,21H,17H2,1-4H3,(H,26,28)/t21-/m1/s1. The number of nitrogens with one attached hydrogen (secondary N) is 1. The van der Waals surface area contributed by atoms with Crippen LogP contribution >= 0.6 is 0 Å². The van der Waals surface area contributed by atoms with E-state index in [2.05, 4.69) is 5.32 Å². The van der Waals surface area contributed by atoms with Crippen LogP contribution in [0.3, 0.4) is 0 Å². The van der Waals surface area contributed by atoms with Gasteiger partial charge in [-0.15, -0.1) is 0 Å². The van der Waals surface area contributed by atoms with Crippen molar-refractivity contribution in [1.82, 2.24) is 5.32 Å². The molecule has 1 amide bonds. The summed E-state index contributed by atoms with van der Waals surface area (Å²) in [6.07, 6.45) is 0. The molecule has 0 saturated carbocycles. The summed E-state index contributed by atoms with van der Waals surface area (Å²) in [7, 11) is -3.91. The van der Waals surface area contributed by atoms with Gasteiger partial charge in [0.1, 0.15) is 6.54 Å². The lowest BCUT2D eigenvalue weighted by molar-refractivity contribution is -0.120. The Morgan fingerprint density at radius 1 is 0.871 bits per heavy atom. The van der Waals surface area contributed by atoms with Crippen LogP contribution in [0.1, 0.15) is 35.2 Å². The fourth-order valence-corrected chi connectivity index (χ4v) is 4.90. The number of anilines is 1. The molecule has 0 aliphatic carbocycles. The molecule has 0 bridgehead atoms. The highest BCUT2D eigenvalue weighted by molar-refractivity contribution is 7.92. The maximum atomic E-state index is 13.4. The molecule has 0 heterocycles. The summed E-state index contributed by atoms with van der Waals surface area (Å²) in [5.74, 6) is -0.367. The van der Waals surface area contributed by atoms with E-state index in [1.807, 2.05) is 58.0 Å². The molecule has 162 valence electrons. The van der Waals surface area contributed by atoms with Gasteiger partial charge in [-0.25, -0.2) is 8.42 Å². The lowest BCUT2D eigenvalue weighted by Crippen LogP contribution is -2.41. The molecule has 0 aliphatic heterocycles. The van der Waals surface area contributed by atoms with Crippen molar-refractivity contribution in [3.63, 3.8) is 0 Å². The molecule has 3 aromatic carbocycles. The van der Waals surface area contributed by atoms with Gasteiger partial charge in [0.15, 0.2) is 0 Å². The molecule has 0 spiro atoms. The third-order valence-corrected chi connectivity index (χ3v) is 7.18. The first kappa shape index (κ1) is 22.6. The van der Waals surface area contributed by atoms with Crippen molar-refractivity contribution in [2.45, 2.75) is 38.6 Å². The van der Waals surface area contributed by atoms with E-state index in [0.29, 0.717) is 5.69 Å². The number of hydrogen-bond acceptors (Lipinski definition) is 3. The summed E-state index contributed by atoms with van der Waals surface area (Å²) < 4.78 is 28.0. The molecule has 0 saturated heterocycles. The number of hydrogen-bond donors (Lipinski definition) is 1. The molecule has 0 aromatic heterocycles. The number of benzene rings is 3. The second kappa shape index (κ2) is 9.35. The molecule has 0 radical (unpaired) electrons. The van der Waals surface area contributed by atoms with E-state index >= 15 is 0 Å². The van der Waals surface area contributed by atoms with Gasteiger partial charge < -0.3 is 5.32 Å². The van der Waals surface area contributed by atoms with Crippen LogP contribution in [0.2, 0.25) is 0 Å². The summed E-state index contributed by atoms with van der Waals surface area (Å²) >= 11 is 0. The van der Waals surface area contributed by atoms with Crippen LogP contribution in [0.5, 0.6) is 0 Å². The fraction of sp³-hybridized carbons (Fsp3) is 0.240. The van der Waals surface area contributed by atoms with Gasteiger partial charge in [-0.2, -0.15) is 0 Å². The summed E-state index contributed by atoms with van der Waals surface area (Å²) in [6.45, 7) is 7.48. The van der Waals surface area contributed by atoms with Crippen LogP contribution < -0.4 is 9.62 Å². The zero-order chi connectivity index (χ0) is 22.6. The molecular weight excluding hydrogens is 408 g/mol. The molecule has 5 nitrogen and oxygen atoms in total. The predicted octanol–water partition coefficient (Wildman–Crippen LogP) is 4.68. The highest BCUT2D eigenvalue weighted by atomic mass is 32.2. The van der Waals surface area contributed by atoms with Gasteiger partial charge in [0, 0.05) is 0 Å². The quantitative estimate of drug-likeness (QED) is 0.585. The summed E-state index contributed by atoms with van der Waals surface area (Å²) in [6, 6.07) is 21.1. The minimum atomic E-state index is -3.91. The minimum Gasteiger partial charge on any atom is -0.348 e. The average molecular weight is 437 g/mol. The van der Waals surface area contributed by atoms with E-state index in [1.54, 1.807) is 30.3 Å². The summed E-state index contributed by atoms with van der Waals surface area (Å²) in [4.78, 5) is 13.1. The van der Waals surface area contributed by atoms with E-state index in [0.717, 1.165) is 16.7 Å². The van der Waals surface area contributed by atoms with Crippen LogP contribution in [0.25, 0.3) is 0 Å². The van der Waals surface area contributed by atoms with Gasteiger partial charge in [-0.05, 0) is 68.1 Å². The van der Waals surface area contributed by atoms with Crippen molar-refractivity contribution < 1.29 is 13.2 Å². The van der Waals surface area contributed by atoms with Crippen molar-refractivity contribution >= 4 is 21.6 Å². The maximum Gasteiger partial charge on any atom is 0.264 e. The van der Waals surface area contributed by atoms with Crippen molar-refractivity contribution in [3.8, 4) is 0 Å². The van der Waals surface area contributed by atoms with Crippen molar-refractivity contribution in [2.75, 3.05) is 10.8 Å². The number of sulfonamides is 1. The van der Waals surface area contributed by atoms with Crippen LogP contribution in [-0.2, 0) is 14.8 Å². The number of carbonyl (C=O) groups excluding carboxylic acids is 1. The Morgan fingerprint density at radius 3 is 2.16 bits per heavy atom. The lowest BCUT2D eigenvalue weighted by atomic mass is 10.0. The maximum absolute atomic E-state index is 13.4. The molecule has 0 fully saturated rings. The largest absolute Gasteiger partial charge is 0.348 e. The van der Waals surface area contributed by atoms with E-state index in [9.17, 15) is 13.2 Å². The topological polar surface area (TPSA) is 66.5 Å². The van der Waals surface area contributed by atoms with Gasteiger partial charge >= 0.3 is 0 Å². The highest BCUT2D eigenvalue weighted by Gasteiger charge is 2.28. The zero-order valence-corrected chi connectivity index (χ0v) is 19.1. The Balaban J connectivity index is 1.89. The number of carbonyl (C=O) groups is 1. The molecule has 3 rings (SSSR count).